The van der Waals surface area contributed by atoms with E-state index in [1.54, 1.807) is 6.92 Å². The Bertz CT molecular complexity index is 891. The van der Waals surface area contributed by atoms with E-state index in [-0.39, 0.29) is 10.7 Å². The number of carbonyl (C=O) groups is 1. The fraction of sp³-hybridized carbons (Fsp3) is 0.316. The van der Waals surface area contributed by atoms with Crippen LogP contribution in [0, 0.1) is 5.82 Å². The van der Waals surface area contributed by atoms with Crippen molar-refractivity contribution in [3.05, 3.63) is 59.9 Å². The third-order valence-electron chi connectivity index (χ3n) is 4.24. The molecule has 0 unspecified atom stereocenters. The molecule has 6 nitrogen and oxygen atoms in total. The molecule has 2 aromatic carbocycles. The molecule has 2 aromatic rings. The summed E-state index contributed by atoms with van der Waals surface area (Å²) in [5.74, 6) is -0.337. The Balaban J connectivity index is 1.68. The highest BCUT2D eigenvalue weighted by Gasteiger charge is 2.26. The zero-order chi connectivity index (χ0) is 19.4. The molecule has 0 radical (unpaired) electrons. The Morgan fingerprint density at radius 2 is 1.67 bits per heavy atom. The van der Waals surface area contributed by atoms with E-state index in [1.807, 2.05) is 0 Å². The van der Waals surface area contributed by atoms with Gasteiger partial charge in [-0.25, -0.2) is 12.8 Å². The minimum atomic E-state index is -3.58. The maximum absolute atomic E-state index is 13.0. The second-order valence-electron chi connectivity index (χ2n) is 6.12. The van der Waals surface area contributed by atoms with Crippen molar-refractivity contribution in [3.8, 4) is 5.75 Å². The lowest BCUT2D eigenvalue weighted by atomic mass is 10.1. The third kappa shape index (κ3) is 4.52. The van der Waals surface area contributed by atoms with Gasteiger partial charge in [0.15, 0.2) is 6.10 Å². The number of morpholine rings is 1. The lowest BCUT2D eigenvalue weighted by Crippen LogP contribution is -2.40. The van der Waals surface area contributed by atoms with Gasteiger partial charge in [-0.1, -0.05) is 0 Å². The molecule has 0 spiro atoms. The quantitative estimate of drug-likeness (QED) is 0.705. The summed E-state index contributed by atoms with van der Waals surface area (Å²) in [4.78, 5) is 12.5. The maximum Gasteiger partial charge on any atom is 0.243 e. The number of benzene rings is 2. The van der Waals surface area contributed by atoms with Gasteiger partial charge >= 0.3 is 0 Å². The molecule has 1 heterocycles. The summed E-state index contributed by atoms with van der Waals surface area (Å²) in [5, 5.41) is 0. The predicted octanol–water partition coefficient (Wildman–Crippen LogP) is 2.50. The average Bonchev–Trinajstić information content (AvgIpc) is 2.69. The molecule has 0 saturated carbocycles. The normalized spacial score (nSPS) is 16.7. The van der Waals surface area contributed by atoms with Gasteiger partial charge in [0.2, 0.25) is 15.8 Å². The first-order valence-electron chi connectivity index (χ1n) is 8.52. The molecular weight excluding hydrogens is 373 g/mol. The van der Waals surface area contributed by atoms with Crippen LogP contribution in [-0.4, -0.2) is 50.9 Å². The highest BCUT2D eigenvalue weighted by Crippen LogP contribution is 2.21. The Hall–Kier alpha value is -2.29. The summed E-state index contributed by atoms with van der Waals surface area (Å²) in [6.45, 7) is 2.99. The molecule has 1 saturated heterocycles. The van der Waals surface area contributed by atoms with Gasteiger partial charge in [-0.15, -0.1) is 0 Å². The first-order chi connectivity index (χ1) is 12.9. The van der Waals surface area contributed by atoms with E-state index in [0.29, 0.717) is 37.6 Å². The molecule has 3 rings (SSSR count). The van der Waals surface area contributed by atoms with E-state index < -0.39 is 21.9 Å². The monoisotopic (exact) mass is 393 g/mol. The lowest BCUT2D eigenvalue weighted by molar-refractivity contribution is 0.0730. The molecule has 8 heteroatoms. The van der Waals surface area contributed by atoms with Crippen LogP contribution >= 0.6 is 0 Å². The van der Waals surface area contributed by atoms with Crippen molar-refractivity contribution in [3.63, 3.8) is 0 Å². The number of rotatable bonds is 6. The van der Waals surface area contributed by atoms with Gasteiger partial charge in [0, 0.05) is 18.7 Å². The summed E-state index contributed by atoms with van der Waals surface area (Å²) >= 11 is 0. The van der Waals surface area contributed by atoms with Gasteiger partial charge < -0.3 is 9.47 Å². The fourth-order valence-corrected chi connectivity index (χ4v) is 4.14. The standard InChI is InChI=1S/C19H20FNO5S/c1-14(19(22)15-2-4-16(20)5-3-15)26-17-6-8-18(9-7-17)27(23,24)21-10-12-25-13-11-21/h2-9,14H,10-13H2,1H3/t14-/m0/s1. The molecule has 0 N–H and O–H groups in total. The van der Waals surface area contributed by atoms with Crippen molar-refractivity contribution < 1.29 is 27.1 Å². The number of nitrogens with zero attached hydrogens (tertiary/aromatic N) is 1. The predicted molar refractivity (Wildman–Crippen MR) is 96.8 cm³/mol. The van der Waals surface area contributed by atoms with Crippen LogP contribution in [0.4, 0.5) is 4.39 Å². The van der Waals surface area contributed by atoms with Gasteiger partial charge in [-0.2, -0.15) is 4.31 Å². The van der Waals surface area contributed by atoms with Crippen molar-refractivity contribution in [2.75, 3.05) is 26.3 Å². The van der Waals surface area contributed by atoms with Crippen LogP contribution in [0.1, 0.15) is 17.3 Å². The fourth-order valence-electron chi connectivity index (χ4n) is 2.73. The maximum atomic E-state index is 13.0. The molecule has 0 aliphatic carbocycles. The summed E-state index contributed by atoms with van der Waals surface area (Å²) in [7, 11) is -3.58. The van der Waals surface area contributed by atoms with Crippen LogP contribution in [-0.2, 0) is 14.8 Å². The van der Waals surface area contributed by atoms with E-state index in [2.05, 4.69) is 0 Å². The topological polar surface area (TPSA) is 72.9 Å². The molecule has 0 bridgehead atoms. The largest absolute Gasteiger partial charge is 0.483 e. The van der Waals surface area contributed by atoms with Crippen LogP contribution in [0.2, 0.25) is 0 Å². The van der Waals surface area contributed by atoms with Gasteiger partial charge in [-0.3, -0.25) is 4.79 Å². The molecule has 1 aliphatic heterocycles. The molecule has 0 amide bonds. The number of carbonyl (C=O) groups excluding carboxylic acids is 1. The summed E-state index contributed by atoms with van der Waals surface area (Å²) < 4.78 is 50.3. The van der Waals surface area contributed by atoms with Crippen molar-refractivity contribution >= 4 is 15.8 Å². The molecule has 144 valence electrons. The van der Waals surface area contributed by atoms with Crippen molar-refractivity contribution in [1.82, 2.24) is 4.31 Å². The first-order valence-corrected chi connectivity index (χ1v) is 9.96. The number of ketones is 1. The molecule has 27 heavy (non-hydrogen) atoms. The summed E-state index contributed by atoms with van der Waals surface area (Å²) in [5.41, 5.74) is 0.343. The average molecular weight is 393 g/mol. The van der Waals surface area contributed by atoms with Gasteiger partial charge in [0.05, 0.1) is 18.1 Å². The zero-order valence-corrected chi connectivity index (χ0v) is 15.6. The second kappa shape index (κ2) is 8.16. The van der Waals surface area contributed by atoms with Crippen molar-refractivity contribution in [2.45, 2.75) is 17.9 Å². The smallest absolute Gasteiger partial charge is 0.243 e. The van der Waals surface area contributed by atoms with E-state index in [9.17, 15) is 17.6 Å². The third-order valence-corrected chi connectivity index (χ3v) is 6.16. The zero-order valence-electron chi connectivity index (χ0n) is 14.8. The number of hydrogen-bond donors (Lipinski definition) is 0. The number of Topliss-reactive ketones (excluding diaryl/α,β-unsaturated/α-hetero) is 1. The number of sulfonamides is 1. The van der Waals surface area contributed by atoms with Crippen molar-refractivity contribution in [2.24, 2.45) is 0 Å². The minimum absolute atomic E-state index is 0.161. The molecular formula is C19H20FNO5S. The van der Waals surface area contributed by atoms with Gasteiger partial charge in [0.1, 0.15) is 11.6 Å². The highest BCUT2D eigenvalue weighted by atomic mass is 32.2. The van der Waals surface area contributed by atoms with E-state index in [0.717, 1.165) is 0 Å². The first kappa shape index (κ1) is 19.5. The molecule has 0 aromatic heterocycles. The Kier molecular flexibility index (Phi) is 5.88. The van der Waals surface area contributed by atoms with Crippen molar-refractivity contribution in [1.29, 1.82) is 0 Å². The van der Waals surface area contributed by atoms with E-state index >= 15 is 0 Å². The van der Waals surface area contributed by atoms with Crippen LogP contribution in [0.5, 0.6) is 5.75 Å². The number of halogens is 1. The number of hydrogen-bond acceptors (Lipinski definition) is 5. The van der Waals surface area contributed by atoms with E-state index in [4.69, 9.17) is 9.47 Å². The Morgan fingerprint density at radius 3 is 2.26 bits per heavy atom. The Labute approximate surface area is 157 Å². The molecule has 1 fully saturated rings. The van der Waals surface area contributed by atoms with Crippen LogP contribution < -0.4 is 4.74 Å². The molecule has 1 atom stereocenters. The van der Waals surface area contributed by atoms with Crippen LogP contribution in [0.15, 0.2) is 53.4 Å². The SMILES string of the molecule is C[C@H](Oc1ccc(S(=O)(=O)N2CCOCC2)cc1)C(=O)c1ccc(F)cc1. The lowest BCUT2D eigenvalue weighted by Gasteiger charge is -2.26. The summed E-state index contributed by atoms with van der Waals surface area (Å²) in [6.07, 6.45) is -0.794. The van der Waals surface area contributed by atoms with Crippen LogP contribution in [0.3, 0.4) is 0 Å². The second-order valence-corrected chi connectivity index (χ2v) is 8.06. The molecule has 1 aliphatic rings. The minimum Gasteiger partial charge on any atom is -0.483 e. The van der Waals surface area contributed by atoms with Gasteiger partial charge in [0.25, 0.3) is 0 Å². The number of ether oxygens (including phenoxy) is 2. The highest BCUT2D eigenvalue weighted by molar-refractivity contribution is 7.89. The van der Waals surface area contributed by atoms with E-state index in [1.165, 1.54) is 52.8 Å². The Morgan fingerprint density at radius 1 is 1.07 bits per heavy atom. The summed E-state index contributed by atoms with van der Waals surface area (Å²) in [6, 6.07) is 11.2. The van der Waals surface area contributed by atoms with Crippen LogP contribution in [0.25, 0.3) is 0 Å². The van der Waals surface area contributed by atoms with Gasteiger partial charge in [-0.05, 0) is 55.5 Å².